The predicted octanol–water partition coefficient (Wildman–Crippen LogP) is 5.39. The van der Waals surface area contributed by atoms with Gasteiger partial charge in [0.15, 0.2) is 0 Å². The quantitative estimate of drug-likeness (QED) is 0.389. The highest BCUT2D eigenvalue weighted by molar-refractivity contribution is 7.86. The Bertz CT molecular complexity index is 1520. The van der Waals surface area contributed by atoms with Crippen LogP contribution < -0.4 is 0 Å². The molecule has 0 unspecified atom stereocenters. The smallest absolute Gasteiger partial charge is 0.282 e. The van der Waals surface area contributed by atoms with E-state index in [9.17, 15) is 25.9 Å². The molecular weight excluding hydrogens is 448 g/mol. The van der Waals surface area contributed by atoms with Crippen molar-refractivity contribution in [2.75, 3.05) is 0 Å². The van der Waals surface area contributed by atoms with E-state index in [-0.39, 0.29) is 32.0 Å². The molecule has 0 saturated carbocycles. The Hall–Kier alpha value is -2.78. The van der Waals surface area contributed by atoms with Crippen LogP contribution in [0.2, 0.25) is 0 Å². The molecule has 166 valence electrons. The fourth-order valence-corrected chi connectivity index (χ4v) is 6.33. The summed E-state index contributed by atoms with van der Waals surface area (Å²) in [5, 5.41) is 2.28. The second-order valence-electron chi connectivity index (χ2n) is 8.19. The molecule has 6 nitrogen and oxygen atoms in total. The summed E-state index contributed by atoms with van der Waals surface area (Å²) in [5.74, 6) is 0. The van der Waals surface area contributed by atoms with Crippen molar-refractivity contribution in [1.82, 2.24) is 0 Å². The normalized spacial score (nSPS) is 12.6. The van der Waals surface area contributed by atoms with Crippen LogP contribution in [0.5, 0.6) is 0 Å². The van der Waals surface area contributed by atoms with Gasteiger partial charge in [-0.2, -0.15) is 16.8 Å². The molecule has 0 aliphatic rings. The van der Waals surface area contributed by atoms with E-state index in [1.165, 1.54) is 0 Å². The van der Waals surface area contributed by atoms with Crippen LogP contribution in [0.4, 0.5) is 0 Å². The maximum atomic E-state index is 12.5. The van der Waals surface area contributed by atoms with Gasteiger partial charge < -0.3 is 0 Å². The van der Waals surface area contributed by atoms with Crippen LogP contribution in [0.1, 0.15) is 22.3 Å². The first-order valence-corrected chi connectivity index (χ1v) is 12.7. The fraction of sp³-hybridized carbons (Fsp3) is 0.167. The number of hydrogen-bond acceptors (Lipinski definition) is 4. The van der Waals surface area contributed by atoms with Crippen molar-refractivity contribution in [3.63, 3.8) is 0 Å². The summed E-state index contributed by atoms with van der Waals surface area (Å²) in [6.45, 7) is 6.87. The van der Waals surface area contributed by atoms with Crippen molar-refractivity contribution >= 4 is 41.8 Å². The topological polar surface area (TPSA) is 109 Å². The minimum Gasteiger partial charge on any atom is -0.282 e. The Labute approximate surface area is 187 Å². The second-order valence-corrected chi connectivity index (χ2v) is 10.9. The van der Waals surface area contributed by atoms with Crippen molar-refractivity contribution in [2.24, 2.45) is 0 Å². The molecule has 4 aromatic carbocycles. The van der Waals surface area contributed by atoms with E-state index in [2.05, 4.69) is 0 Å². The summed E-state index contributed by atoms with van der Waals surface area (Å²) in [5.41, 5.74) is 2.50. The summed E-state index contributed by atoms with van der Waals surface area (Å²) in [6.07, 6.45) is 0. The lowest BCUT2D eigenvalue weighted by atomic mass is 9.90. The molecule has 0 spiro atoms. The summed E-state index contributed by atoms with van der Waals surface area (Å²) in [7, 11) is -9.48. The van der Waals surface area contributed by atoms with Gasteiger partial charge in [0.25, 0.3) is 20.2 Å². The van der Waals surface area contributed by atoms with E-state index in [4.69, 9.17) is 0 Å². The number of fused-ring (bicyclic) bond motifs is 2. The fourth-order valence-electron chi connectivity index (χ4n) is 4.46. The Morgan fingerprint density at radius 1 is 0.562 bits per heavy atom. The Kier molecular flexibility index (Phi) is 5.17. The van der Waals surface area contributed by atoms with Crippen molar-refractivity contribution < 1.29 is 25.9 Å². The van der Waals surface area contributed by atoms with Crippen molar-refractivity contribution in [3.05, 3.63) is 70.8 Å². The van der Waals surface area contributed by atoms with E-state index in [0.717, 1.165) is 11.1 Å². The number of aryl methyl sites for hydroxylation is 4. The molecule has 32 heavy (non-hydrogen) atoms. The van der Waals surface area contributed by atoms with Gasteiger partial charge in [-0.1, -0.05) is 47.5 Å². The van der Waals surface area contributed by atoms with Gasteiger partial charge in [0.2, 0.25) is 0 Å². The van der Waals surface area contributed by atoms with Gasteiger partial charge in [0.1, 0.15) is 9.79 Å². The van der Waals surface area contributed by atoms with Crippen LogP contribution in [0.3, 0.4) is 0 Å². The van der Waals surface area contributed by atoms with Gasteiger partial charge in [-0.3, -0.25) is 9.11 Å². The molecule has 0 heterocycles. The first kappa shape index (κ1) is 22.4. The third-order valence-corrected chi connectivity index (χ3v) is 7.72. The summed E-state index contributed by atoms with van der Waals surface area (Å²) >= 11 is 0. The van der Waals surface area contributed by atoms with E-state index in [1.54, 1.807) is 50.2 Å². The molecule has 0 aromatic heterocycles. The molecule has 4 aromatic rings. The SMILES string of the molecule is Cc1ccc2c(-c3c(S(=O)(=O)O)c(C)cc4cc(C)ccc34)c(S(=O)(=O)O)c(C)cc2c1. The highest BCUT2D eigenvalue weighted by Gasteiger charge is 2.30. The maximum absolute atomic E-state index is 12.5. The van der Waals surface area contributed by atoms with Crippen LogP contribution in [-0.2, 0) is 20.2 Å². The highest BCUT2D eigenvalue weighted by Crippen LogP contribution is 2.45. The summed E-state index contributed by atoms with van der Waals surface area (Å²) in [6, 6.07) is 14.0. The molecule has 4 rings (SSSR count). The van der Waals surface area contributed by atoms with Gasteiger partial charge in [0, 0.05) is 11.1 Å². The van der Waals surface area contributed by atoms with Gasteiger partial charge in [0.05, 0.1) is 0 Å². The van der Waals surface area contributed by atoms with E-state index < -0.39 is 20.2 Å². The average Bonchev–Trinajstić information content (AvgIpc) is 2.63. The zero-order chi connectivity index (χ0) is 23.6. The van der Waals surface area contributed by atoms with Gasteiger partial charge >= 0.3 is 0 Å². The van der Waals surface area contributed by atoms with Crippen LogP contribution >= 0.6 is 0 Å². The third kappa shape index (κ3) is 3.69. The lowest BCUT2D eigenvalue weighted by Gasteiger charge is -2.20. The molecule has 0 aliphatic heterocycles. The molecular formula is C24H22O6S2. The first-order valence-electron chi connectivity index (χ1n) is 9.82. The molecule has 0 radical (unpaired) electrons. The van der Waals surface area contributed by atoms with E-state index in [1.807, 2.05) is 26.0 Å². The Balaban J connectivity index is 2.42. The lowest BCUT2D eigenvalue weighted by Crippen LogP contribution is -2.09. The summed E-state index contributed by atoms with van der Waals surface area (Å²) < 4.78 is 70.5. The first-order chi connectivity index (χ1) is 14.8. The number of benzene rings is 4. The third-order valence-electron chi connectivity index (χ3n) is 5.63. The van der Waals surface area contributed by atoms with Crippen LogP contribution in [-0.4, -0.2) is 25.9 Å². The molecule has 0 saturated heterocycles. The summed E-state index contributed by atoms with van der Waals surface area (Å²) in [4.78, 5) is -0.766. The minimum atomic E-state index is -4.74. The average molecular weight is 471 g/mol. The zero-order valence-corrected chi connectivity index (χ0v) is 19.6. The number of rotatable bonds is 3. The largest absolute Gasteiger partial charge is 0.295 e. The van der Waals surface area contributed by atoms with Gasteiger partial charge in [-0.05, 0) is 72.5 Å². The Morgan fingerprint density at radius 3 is 1.22 bits per heavy atom. The van der Waals surface area contributed by atoms with Crippen LogP contribution in [0.25, 0.3) is 32.7 Å². The molecule has 8 heteroatoms. The minimum absolute atomic E-state index is 0.0488. The Morgan fingerprint density at radius 2 is 0.906 bits per heavy atom. The van der Waals surface area contributed by atoms with Crippen LogP contribution in [0, 0.1) is 27.7 Å². The van der Waals surface area contributed by atoms with Crippen LogP contribution in [0.15, 0.2) is 58.3 Å². The van der Waals surface area contributed by atoms with E-state index >= 15 is 0 Å². The van der Waals surface area contributed by atoms with Gasteiger partial charge in [-0.25, -0.2) is 0 Å². The molecule has 0 aliphatic carbocycles. The molecule has 2 N–H and O–H groups in total. The molecule has 0 fully saturated rings. The van der Waals surface area contributed by atoms with Crippen molar-refractivity contribution in [2.45, 2.75) is 37.5 Å². The zero-order valence-electron chi connectivity index (χ0n) is 18.0. The highest BCUT2D eigenvalue weighted by atomic mass is 32.2. The molecule has 0 amide bonds. The second kappa shape index (κ2) is 7.38. The van der Waals surface area contributed by atoms with Crippen molar-refractivity contribution in [3.8, 4) is 11.1 Å². The lowest BCUT2D eigenvalue weighted by molar-refractivity contribution is 0.479. The predicted molar refractivity (Wildman–Crippen MR) is 125 cm³/mol. The van der Waals surface area contributed by atoms with Crippen molar-refractivity contribution in [1.29, 1.82) is 0 Å². The van der Waals surface area contributed by atoms with Gasteiger partial charge in [-0.15, -0.1) is 0 Å². The molecule has 0 bridgehead atoms. The number of hydrogen-bond donors (Lipinski definition) is 2. The monoisotopic (exact) mass is 470 g/mol. The van der Waals surface area contributed by atoms with E-state index in [0.29, 0.717) is 21.5 Å². The molecule has 0 atom stereocenters. The maximum Gasteiger partial charge on any atom is 0.295 e. The standard InChI is InChI=1S/C24H22O6S2/c1-13-5-7-19-17(9-13)11-15(3)23(31(25,26)27)21(19)22-20-8-6-14(2)10-18(20)12-16(4)24(22)32(28,29)30/h5-12H,1-4H3,(H,25,26,27)(H,28,29,30).